The van der Waals surface area contributed by atoms with Gasteiger partial charge in [-0.2, -0.15) is 0 Å². The van der Waals surface area contributed by atoms with Gasteiger partial charge in [0.15, 0.2) is 0 Å². The maximum Gasteiger partial charge on any atom is 0.274 e. The smallest absolute Gasteiger partial charge is 0.274 e. The van der Waals surface area contributed by atoms with Crippen LogP contribution in [-0.2, 0) is 4.74 Å². The lowest BCUT2D eigenvalue weighted by Crippen LogP contribution is -2.41. The maximum absolute atomic E-state index is 13.2. The van der Waals surface area contributed by atoms with Gasteiger partial charge in [0.2, 0.25) is 0 Å². The lowest BCUT2D eigenvalue weighted by Gasteiger charge is -2.26. The number of hydrogen-bond acceptors (Lipinski definition) is 4. The molecule has 25 heavy (non-hydrogen) atoms. The molecule has 0 radical (unpaired) electrons. The average Bonchev–Trinajstić information content (AvgIpc) is 2.65. The molecular weight excluding hydrogens is 349 g/mol. The number of nitrogens with zero attached hydrogens (tertiary/aromatic N) is 2. The van der Waals surface area contributed by atoms with Gasteiger partial charge < -0.3 is 15.0 Å². The number of aromatic nitrogens is 1. The first-order valence-corrected chi connectivity index (χ1v) is 8.03. The van der Waals surface area contributed by atoms with Crippen molar-refractivity contribution in [3.63, 3.8) is 0 Å². The van der Waals surface area contributed by atoms with E-state index in [0.29, 0.717) is 32.0 Å². The average molecular weight is 364 g/mol. The van der Waals surface area contributed by atoms with Gasteiger partial charge in [0.25, 0.3) is 11.8 Å². The van der Waals surface area contributed by atoms with Gasteiger partial charge >= 0.3 is 0 Å². The topological polar surface area (TPSA) is 71.5 Å². The van der Waals surface area contributed by atoms with Gasteiger partial charge in [-0.1, -0.05) is 17.7 Å². The Morgan fingerprint density at radius 2 is 1.88 bits per heavy atom. The van der Waals surface area contributed by atoms with Crippen molar-refractivity contribution in [2.45, 2.75) is 0 Å². The molecule has 2 heterocycles. The minimum atomic E-state index is -0.573. The summed E-state index contributed by atoms with van der Waals surface area (Å²) in [5.74, 6) is -1.34. The first kappa shape index (κ1) is 17.3. The molecule has 1 aliphatic rings. The molecule has 6 nitrogen and oxygen atoms in total. The van der Waals surface area contributed by atoms with Crippen molar-refractivity contribution in [2.24, 2.45) is 0 Å². The predicted molar refractivity (Wildman–Crippen MR) is 90.3 cm³/mol. The lowest BCUT2D eigenvalue weighted by atomic mass is 10.2. The summed E-state index contributed by atoms with van der Waals surface area (Å²) in [4.78, 5) is 30.5. The van der Waals surface area contributed by atoms with Gasteiger partial charge in [-0.15, -0.1) is 0 Å². The molecule has 130 valence electrons. The fourth-order valence-corrected chi connectivity index (χ4v) is 2.56. The molecule has 1 aromatic carbocycles. The number of pyridine rings is 1. The van der Waals surface area contributed by atoms with Crippen molar-refractivity contribution in [2.75, 3.05) is 31.6 Å². The van der Waals surface area contributed by atoms with Crippen molar-refractivity contribution in [1.29, 1.82) is 0 Å². The predicted octanol–water partition coefficient (Wildman–Crippen LogP) is 2.60. The number of halogens is 2. The number of hydrogen-bond donors (Lipinski definition) is 1. The first-order chi connectivity index (χ1) is 12.0. The van der Waals surface area contributed by atoms with E-state index in [1.807, 2.05) is 0 Å². The van der Waals surface area contributed by atoms with Crippen LogP contribution >= 0.6 is 11.6 Å². The quantitative estimate of drug-likeness (QED) is 0.909. The van der Waals surface area contributed by atoms with E-state index in [2.05, 4.69) is 10.3 Å². The Hall–Kier alpha value is -2.51. The summed E-state index contributed by atoms with van der Waals surface area (Å²) in [6, 6.07) is 8.50. The largest absolute Gasteiger partial charge is 0.378 e. The molecule has 1 aromatic heterocycles. The summed E-state index contributed by atoms with van der Waals surface area (Å²) in [5, 5.41) is 2.48. The number of ether oxygens (including phenoxy) is 1. The van der Waals surface area contributed by atoms with Crippen molar-refractivity contribution in [1.82, 2.24) is 9.88 Å². The van der Waals surface area contributed by atoms with E-state index in [9.17, 15) is 14.0 Å². The van der Waals surface area contributed by atoms with Crippen LogP contribution in [0.3, 0.4) is 0 Å². The van der Waals surface area contributed by atoms with Gasteiger partial charge in [0, 0.05) is 18.8 Å². The first-order valence-electron chi connectivity index (χ1n) is 7.65. The summed E-state index contributed by atoms with van der Waals surface area (Å²) in [7, 11) is 0. The molecule has 0 aliphatic carbocycles. The molecule has 0 atom stereocenters. The van der Waals surface area contributed by atoms with Crippen LogP contribution in [0.5, 0.6) is 0 Å². The van der Waals surface area contributed by atoms with Crippen LogP contribution in [0, 0.1) is 5.82 Å². The zero-order valence-electron chi connectivity index (χ0n) is 13.2. The van der Waals surface area contributed by atoms with E-state index < -0.39 is 11.7 Å². The summed E-state index contributed by atoms with van der Waals surface area (Å²) >= 11 is 5.69. The van der Waals surface area contributed by atoms with Gasteiger partial charge in [0.1, 0.15) is 17.2 Å². The van der Waals surface area contributed by atoms with E-state index in [-0.39, 0.29) is 22.3 Å². The molecule has 3 rings (SSSR count). The standard InChI is InChI=1S/C17H15ClFN3O3/c18-12-10-11(4-5-13(12)19)20-16(23)14-2-1-3-15(21-14)17(24)22-6-8-25-9-7-22/h1-5,10H,6-9H2,(H,20,23). The highest BCUT2D eigenvalue weighted by Crippen LogP contribution is 2.19. The van der Waals surface area contributed by atoms with Crippen molar-refractivity contribution < 1.29 is 18.7 Å². The van der Waals surface area contributed by atoms with Crippen molar-refractivity contribution >= 4 is 29.1 Å². The summed E-state index contributed by atoms with van der Waals surface area (Å²) in [5.41, 5.74) is 0.606. The number of anilines is 1. The number of benzene rings is 1. The second kappa shape index (κ2) is 7.58. The van der Waals surface area contributed by atoms with Crippen LogP contribution in [0.1, 0.15) is 21.0 Å². The van der Waals surface area contributed by atoms with Crippen molar-refractivity contribution in [3.8, 4) is 0 Å². The van der Waals surface area contributed by atoms with Gasteiger partial charge in [-0.05, 0) is 30.3 Å². The second-order valence-corrected chi connectivity index (χ2v) is 5.80. The third kappa shape index (κ3) is 4.12. The Morgan fingerprint density at radius 3 is 2.60 bits per heavy atom. The Balaban J connectivity index is 1.74. The Kier molecular flexibility index (Phi) is 5.25. The van der Waals surface area contributed by atoms with Gasteiger partial charge in [0.05, 0.1) is 18.2 Å². The van der Waals surface area contributed by atoms with Crippen LogP contribution in [0.25, 0.3) is 0 Å². The molecule has 0 bridgehead atoms. The monoisotopic (exact) mass is 363 g/mol. The molecule has 0 unspecified atom stereocenters. The molecule has 0 saturated carbocycles. The minimum absolute atomic E-state index is 0.0829. The highest BCUT2D eigenvalue weighted by atomic mass is 35.5. The Labute approximate surface area is 148 Å². The molecule has 1 aliphatic heterocycles. The normalized spacial score (nSPS) is 14.2. The third-order valence-corrected chi connectivity index (χ3v) is 3.97. The molecule has 2 aromatic rings. The van der Waals surface area contributed by atoms with E-state index >= 15 is 0 Å². The van der Waals surface area contributed by atoms with E-state index in [4.69, 9.17) is 16.3 Å². The fraction of sp³-hybridized carbons (Fsp3) is 0.235. The molecule has 8 heteroatoms. The zero-order chi connectivity index (χ0) is 17.8. The van der Waals surface area contributed by atoms with E-state index in [0.717, 1.165) is 6.07 Å². The Morgan fingerprint density at radius 1 is 1.16 bits per heavy atom. The van der Waals surface area contributed by atoms with E-state index in [1.54, 1.807) is 17.0 Å². The van der Waals surface area contributed by atoms with Gasteiger partial charge in [-0.25, -0.2) is 9.37 Å². The number of carbonyl (C=O) groups is 2. The number of rotatable bonds is 3. The van der Waals surface area contributed by atoms with Crippen molar-refractivity contribution in [3.05, 3.63) is 58.6 Å². The Bertz CT molecular complexity index is 809. The number of morpholine rings is 1. The lowest BCUT2D eigenvalue weighted by molar-refractivity contribution is 0.0299. The molecular formula is C17H15ClFN3O3. The van der Waals surface area contributed by atoms with Crippen LogP contribution in [0.15, 0.2) is 36.4 Å². The van der Waals surface area contributed by atoms with Crippen LogP contribution in [0.4, 0.5) is 10.1 Å². The maximum atomic E-state index is 13.2. The molecule has 1 saturated heterocycles. The van der Waals surface area contributed by atoms with Crippen LogP contribution < -0.4 is 5.32 Å². The van der Waals surface area contributed by atoms with E-state index in [1.165, 1.54) is 18.2 Å². The second-order valence-electron chi connectivity index (χ2n) is 5.40. The van der Waals surface area contributed by atoms with Crippen LogP contribution in [-0.4, -0.2) is 48.0 Å². The highest BCUT2D eigenvalue weighted by molar-refractivity contribution is 6.31. The number of carbonyl (C=O) groups excluding carboxylic acids is 2. The fourth-order valence-electron chi connectivity index (χ4n) is 2.38. The summed E-state index contributed by atoms with van der Waals surface area (Å²) in [6.45, 7) is 1.95. The van der Waals surface area contributed by atoms with Gasteiger partial charge in [-0.3, -0.25) is 9.59 Å². The third-order valence-electron chi connectivity index (χ3n) is 3.68. The number of amides is 2. The zero-order valence-corrected chi connectivity index (χ0v) is 13.9. The molecule has 2 amide bonds. The molecule has 1 N–H and O–H groups in total. The highest BCUT2D eigenvalue weighted by Gasteiger charge is 2.20. The summed E-state index contributed by atoms with van der Waals surface area (Å²) < 4.78 is 18.4. The summed E-state index contributed by atoms with van der Waals surface area (Å²) in [6.07, 6.45) is 0. The SMILES string of the molecule is O=C(Nc1ccc(F)c(Cl)c1)c1cccc(C(=O)N2CCOCC2)n1. The van der Waals surface area contributed by atoms with Crippen LogP contribution in [0.2, 0.25) is 5.02 Å². The molecule has 0 spiro atoms. The number of nitrogens with one attached hydrogen (secondary N) is 1. The minimum Gasteiger partial charge on any atom is -0.378 e. The molecule has 1 fully saturated rings.